The highest BCUT2D eigenvalue weighted by molar-refractivity contribution is 6.36. The van der Waals surface area contributed by atoms with Crippen LogP contribution < -0.4 is 0 Å². The number of halogens is 2. The van der Waals surface area contributed by atoms with Gasteiger partial charge in [-0.1, -0.05) is 40.5 Å². The summed E-state index contributed by atoms with van der Waals surface area (Å²) in [6.07, 6.45) is 0. The van der Waals surface area contributed by atoms with E-state index in [2.05, 4.69) is 5.16 Å². The molecule has 0 aliphatic heterocycles. The SMILES string of the molecule is CC(C(=O)O)c1cccc2c(-c3ccc(Cl)cc3Cl)noc12. The van der Waals surface area contributed by atoms with E-state index in [1.807, 2.05) is 6.07 Å². The standard InChI is InChI=1S/C16H11Cl2NO3/c1-8(16(20)21)10-3-2-4-12-14(19-22-15(10)12)11-6-5-9(17)7-13(11)18/h2-8H,1H3,(H,20,21). The number of para-hydroxylation sites is 1. The molecule has 0 saturated heterocycles. The van der Waals surface area contributed by atoms with Crippen LogP contribution in [-0.4, -0.2) is 16.2 Å². The summed E-state index contributed by atoms with van der Waals surface area (Å²) in [6.45, 7) is 1.61. The van der Waals surface area contributed by atoms with Crippen molar-refractivity contribution >= 4 is 40.1 Å². The van der Waals surface area contributed by atoms with Gasteiger partial charge < -0.3 is 9.63 Å². The molecule has 3 rings (SSSR count). The van der Waals surface area contributed by atoms with Crippen molar-refractivity contribution in [3.05, 3.63) is 52.0 Å². The molecule has 1 aromatic heterocycles. The van der Waals surface area contributed by atoms with E-state index in [1.54, 1.807) is 37.3 Å². The van der Waals surface area contributed by atoms with E-state index < -0.39 is 11.9 Å². The van der Waals surface area contributed by atoms with Gasteiger partial charge in [-0.2, -0.15) is 0 Å². The van der Waals surface area contributed by atoms with Crippen LogP contribution in [0.15, 0.2) is 40.9 Å². The summed E-state index contributed by atoms with van der Waals surface area (Å²) in [5.41, 5.74) is 2.29. The van der Waals surface area contributed by atoms with E-state index in [4.69, 9.17) is 27.7 Å². The lowest BCUT2D eigenvalue weighted by Gasteiger charge is -2.06. The summed E-state index contributed by atoms with van der Waals surface area (Å²) in [7, 11) is 0. The molecule has 0 bridgehead atoms. The molecule has 3 aromatic rings. The number of carboxylic acid groups (broad SMARTS) is 1. The number of hydrogen-bond donors (Lipinski definition) is 1. The molecule has 0 amide bonds. The zero-order valence-corrected chi connectivity index (χ0v) is 13.0. The number of benzene rings is 2. The smallest absolute Gasteiger partial charge is 0.310 e. The van der Waals surface area contributed by atoms with Gasteiger partial charge in [-0.15, -0.1) is 0 Å². The Bertz CT molecular complexity index is 873. The Kier molecular flexibility index (Phi) is 3.81. The van der Waals surface area contributed by atoms with Gasteiger partial charge >= 0.3 is 5.97 Å². The molecule has 1 heterocycles. The fourth-order valence-electron chi connectivity index (χ4n) is 2.33. The predicted molar refractivity (Wildman–Crippen MR) is 85.5 cm³/mol. The molecule has 1 N–H and O–H groups in total. The Labute approximate surface area is 136 Å². The van der Waals surface area contributed by atoms with Crippen LogP contribution in [0.25, 0.3) is 22.2 Å². The Morgan fingerprint density at radius 1 is 1.27 bits per heavy atom. The van der Waals surface area contributed by atoms with Crippen LogP contribution in [0.3, 0.4) is 0 Å². The fraction of sp³-hybridized carbons (Fsp3) is 0.125. The average Bonchev–Trinajstić information content (AvgIpc) is 2.90. The number of carboxylic acids is 1. The van der Waals surface area contributed by atoms with Gasteiger partial charge in [0.25, 0.3) is 0 Å². The van der Waals surface area contributed by atoms with E-state index >= 15 is 0 Å². The maximum absolute atomic E-state index is 11.2. The molecule has 1 unspecified atom stereocenters. The third-order valence-corrected chi connectivity index (χ3v) is 4.10. The normalized spacial score (nSPS) is 12.5. The first-order valence-corrected chi connectivity index (χ1v) is 7.31. The summed E-state index contributed by atoms with van der Waals surface area (Å²) in [6, 6.07) is 10.4. The molecule has 22 heavy (non-hydrogen) atoms. The predicted octanol–water partition coefficient (Wildman–Crippen LogP) is 4.99. The first-order chi connectivity index (χ1) is 10.5. The number of rotatable bonds is 3. The lowest BCUT2D eigenvalue weighted by molar-refractivity contribution is -0.138. The van der Waals surface area contributed by atoms with E-state index in [1.165, 1.54) is 0 Å². The lowest BCUT2D eigenvalue weighted by Crippen LogP contribution is -2.07. The van der Waals surface area contributed by atoms with Crippen molar-refractivity contribution in [2.75, 3.05) is 0 Å². The molecule has 0 saturated carbocycles. The third kappa shape index (κ3) is 2.45. The van der Waals surface area contributed by atoms with Gasteiger partial charge in [0.15, 0.2) is 5.58 Å². The number of aliphatic carboxylic acids is 1. The monoisotopic (exact) mass is 335 g/mol. The van der Waals surface area contributed by atoms with Gasteiger partial charge in [-0.05, 0) is 31.2 Å². The molecule has 1 atom stereocenters. The minimum Gasteiger partial charge on any atom is -0.481 e. The molecule has 0 radical (unpaired) electrons. The molecule has 112 valence electrons. The molecular formula is C16H11Cl2NO3. The second kappa shape index (κ2) is 5.63. The molecular weight excluding hydrogens is 325 g/mol. The molecule has 4 nitrogen and oxygen atoms in total. The van der Waals surface area contributed by atoms with Crippen molar-refractivity contribution < 1.29 is 14.4 Å². The maximum atomic E-state index is 11.2. The topological polar surface area (TPSA) is 63.3 Å². The first kappa shape index (κ1) is 14.9. The summed E-state index contributed by atoms with van der Waals surface area (Å²) >= 11 is 12.1. The third-order valence-electron chi connectivity index (χ3n) is 3.55. The van der Waals surface area contributed by atoms with Crippen LogP contribution in [-0.2, 0) is 4.79 Å². The quantitative estimate of drug-likeness (QED) is 0.732. The zero-order valence-electron chi connectivity index (χ0n) is 11.5. The van der Waals surface area contributed by atoms with Gasteiger partial charge in [0, 0.05) is 16.1 Å². The van der Waals surface area contributed by atoms with Gasteiger partial charge in [0.2, 0.25) is 0 Å². The summed E-state index contributed by atoms with van der Waals surface area (Å²) < 4.78 is 5.39. The number of fused-ring (bicyclic) bond motifs is 1. The van der Waals surface area contributed by atoms with Gasteiger partial charge in [0.1, 0.15) is 5.69 Å². The molecule has 2 aromatic carbocycles. The summed E-state index contributed by atoms with van der Waals surface area (Å²) in [5.74, 6) is -1.61. The van der Waals surface area contributed by atoms with Crippen molar-refractivity contribution in [2.45, 2.75) is 12.8 Å². The Morgan fingerprint density at radius 3 is 2.73 bits per heavy atom. The van der Waals surface area contributed by atoms with Crippen molar-refractivity contribution in [3.8, 4) is 11.3 Å². The van der Waals surface area contributed by atoms with Gasteiger partial charge in [0.05, 0.1) is 16.3 Å². The Balaban J connectivity index is 2.21. The van der Waals surface area contributed by atoms with Gasteiger partial charge in [-0.25, -0.2) is 0 Å². The van der Waals surface area contributed by atoms with Crippen LogP contribution in [0.4, 0.5) is 0 Å². The van der Waals surface area contributed by atoms with E-state index in [0.29, 0.717) is 32.4 Å². The fourth-order valence-corrected chi connectivity index (χ4v) is 2.83. The Hall–Kier alpha value is -2.04. The highest BCUT2D eigenvalue weighted by Crippen LogP contribution is 2.36. The second-order valence-corrected chi connectivity index (χ2v) is 5.78. The molecule has 0 fully saturated rings. The molecule has 0 spiro atoms. The highest BCUT2D eigenvalue weighted by Gasteiger charge is 2.21. The largest absolute Gasteiger partial charge is 0.481 e. The Morgan fingerprint density at radius 2 is 2.05 bits per heavy atom. The van der Waals surface area contributed by atoms with Crippen LogP contribution in [0.2, 0.25) is 10.0 Å². The van der Waals surface area contributed by atoms with Crippen molar-refractivity contribution in [1.29, 1.82) is 0 Å². The number of nitrogens with zero attached hydrogens (tertiary/aromatic N) is 1. The molecule has 0 aliphatic rings. The molecule has 0 aliphatic carbocycles. The maximum Gasteiger partial charge on any atom is 0.310 e. The van der Waals surface area contributed by atoms with Crippen LogP contribution >= 0.6 is 23.2 Å². The van der Waals surface area contributed by atoms with E-state index in [-0.39, 0.29) is 0 Å². The van der Waals surface area contributed by atoms with Crippen molar-refractivity contribution in [1.82, 2.24) is 5.16 Å². The van der Waals surface area contributed by atoms with Gasteiger partial charge in [-0.3, -0.25) is 4.79 Å². The zero-order chi connectivity index (χ0) is 15.9. The second-order valence-electron chi connectivity index (χ2n) is 4.94. The number of hydrogen-bond acceptors (Lipinski definition) is 3. The summed E-state index contributed by atoms with van der Waals surface area (Å²) in [5, 5.41) is 15.0. The van der Waals surface area contributed by atoms with Crippen molar-refractivity contribution in [2.24, 2.45) is 0 Å². The van der Waals surface area contributed by atoms with E-state index in [9.17, 15) is 9.90 Å². The van der Waals surface area contributed by atoms with Crippen LogP contribution in [0.5, 0.6) is 0 Å². The van der Waals surface area contributed by atoms with Crippen LogP contribution in [0, 0.1) is 0 Å². The number of carbonyl (C=O) groups is 1. The first-order valence-electron chi connectivity index (χ1n) is 6.55. The average molecular weight is 336 g/mol. The number of aromatic nitrogens is 1. The lowest BCUT2D eigenvalue weighted by atomic mass is 9.98. The van der Waals surface area contributed by atoms with Crippen LogP contribution in [0.1, 0.15) is 18.4 Å². The minimum atomic E-state index is -0.921. The van der Waals surface area contributed by atoms with Crippen molar-refractivity contribution in [3.63, 3.8) is 0 Å². The molecule has 6 heteroatoms. The summed E-state index contributed by atoms with van der Waals surface area (Å²) in [4.78, 5) is 11.2. The minimum absolute atomic E-state index is 0.457. The van der Waals surface area contributed by atoms with E-state index in [0.717, 1.165) is 5.39 Å². The highest BCUT2D eigenvalue weighted by atomic mass is 35.5.